The van der Waals surface area contributed by atoms with Gasteiger partial charge in [-0.25, -0.2) is 0 Å². The minimum Gasteiger partial charge on any atom is -0.374 e. The average Bonchev–Trinajstić information content (AvgIpc) is 2.85. The second-order valence-corrected chi connectivity index (χ2v) is 6.92. The minimum atomic E-state index is 0. The van der Waals surface area contributed by atoms with E-state index in [1.165, 1.54) is 19.3 Å². The van der Waals surface area contributed by atoms with Gasteiger partial charge in [0.2, 0.25) is 0 Å². The summed E-state index contributed by atoms with van der Waals surface area (Å²) in [6.45, 7) is 5.73. The molecule has 1 saturated carbocycles. The van der Waals surface area contributed by atoms with E-state index >= 15 is 0 Å². The Hall–Kier alpha value is -0.0400. The molecule has 0 aromatic heterocycles. The van der Waals surface area contributed by atoms with E-state index in [1.54, 1.807) is 0 Å². The van der Waals surface area contributed by atoms with E-state index in [2.05, 4.69) is 22.1 Å². The summed E-state index contributed by atoms with van der Waals surface area (Å²) in [6.07, 6.45) is 5.03. The first kappa shape index (κ1) is 14.9. The van der Waals surface area contributed by atoms with Crippen molar-refractivity contribution >= 4 is 29.9 Å². The van der Waals surface area contributed by atoms with Crippen molar-refractivity contribution < 1.29 is 4.74 Å². The molecule has 0 aromatic carbocycles. The maximum atomic E-state index is 6.04. The van der Waals surface area contributed by atoms with Gasteiger partial charge in [-0.15, -0.1) is 24.0 Å². The van der Waals surface area contributed by atoms with Gasteiger partial charge in [-0.2, -0.15) is 0 Å². The van der Waals surface area contributed by atoms with Crippen LogP contribution >= 0.6 is 24.0 Å². The van der Waals surface area contributed by atoms with Crippen molar-refractivity contribution in [1.82, 2.24) is 10.2 Å². The van der Waals surface area contributed by atoms with Crippen LogP contribution in [0.4, 0.5) is 0 Å². The van der Waals surface area contributed by atoms with Crippen LogP contribution in [0.3, 0.4) is 0 Å². The maximum absolute atomic E-state index is 6.04. The molecule has 0 radical (unpaired) electrons. The summed E-state index contributed by atoms with van der Waals surface area (Å²) in [5, 5.41) is 3.58. The topological polar surface area (TPSA) is 36.9 Å². The van der Waals surface area contributed by atoms with Crippen molar-refractivity contribution in [3.8, 4) is 0 Å². The average molecular weight is 391 g/mol. The normalized spacial score (nSPS) is 45.3. The molecule has 3 aliphatic heterocycles. The summed E-state index contributed by atoms with van der Waals surface area (Å²) in [7, 11) is 1.91. The zero-order chi connectivity index (χ0) is 13.0. The molecule has 4 aliphatic rings. The third-order valence-corrected chi connectivity index (χ3v) is 5.76. The third kappa shape index (κ3) is 2.45. The first-order valence-corrected chi connectivity index (χ1v) is 7.87. The summed E-state index contributed by atoms with van der Waals surface area (Å²) < 4.78 is 6.04. The Bertz CT molecular complexity index is 385. The molecule has 2 bridgehead atoms. The number of hydrogen-bond acceptors (Lipinski definition) is 2. The molecule has 3 saturated heterocycles. The van der Waals surface area contributed by atoms with E-state index in [9.17, 15) is 0 Å². The highest BCUT2D eigenvalue weighted by atomic mass is 127. The molecule has 1 aliphatic carbocycles. The van der Waals surface area contributed by atoms with Gasteiger partial charge in [0.1, 0.15) is 0 Å². The summed E-state index contributed by atoms with van der Waals surface area (Å²) >= 11 is 0. The molecular formula is C15H26IN3O. The molecule has 0 aromatic rings. The number of halogens is 1. The van der Waals surface area contributed by atoms with Crippen LogP contribution in [0.5, 0.6) is 0 Å². The van der Waals surface area contributed by atoms with Crippen LogP contribution in [0.25, 0.3) is 0 Å². The number of aliphatic imine (C=N–C) groups is 1. The predicted octanol–water partition coefficient (Wildman–Crippen LogP) is 1.94. The number of fused-ring (bicyclic) bond motifs is 5. The van der Waals surface area contributed by atoms with E-state index in [0.29, 0.717) is 12.2 Å². The molecule has 3 heterocycles. The Morgan fingerprint density at radius 3 is 2.35 bits per heavy atom. The van der Waals surface area contributed by atoms with Crippen molar-refractivity contribution in [2.24, 2.45) is 28.7 Å². The predicted molar refractivity (Wildman–Crippen MR) is 90.5 cm³/mol. The molecule has 0 spiro atoms. The minimum absolute atomic E-state index is 0. The van der Waals surface area contributed by atoms with E-state index in [0.717, 1.165) is 49.3 Å². The van der Waals surface area contributed by atoms with Crippen molar-refractivity contribution in [2.45, 2.75) is 38.4 Å². The summed E-state index contributed by atoms with van der Waals surface area (Å²) in [5.74, 6) is 4.42. The summed E-state index contributed by atoms with van der Waals surface area (Å²) in [6, 6.07) is 0. The van der Waals surface area contributed by atoms with Gasteiger partial charge in [0.05, 0.1) is 12.2 Å². The van der Waals surface area contributed by atoms with E-state index in [4.69, 9.17) is 4.74 Å². The van der Waals surface area contributed by atoms with Crippen LogP contribution in [0.15, 0.2) is 4.99 Å². The molecule has 5 heteroatoms. The molecule has 6 unspecified atom stereocenters. The van der Waals surface area contributed by atoms with Crippen LogP contribution < -0.4 is 5.32 Å². The monoisotopic (exact) mass is 391 g/mol. The fourth-order valence-corrected chi connectivity index (χ4v) is 4.37. The molecule has 1 N–H and O–H groups in total. The number of likely N-dealkylation sites (tertiary alicyclic amines) is 1. The number of nitrogens with one attached hydrogen (secondary N) is 1. The quantitative estimate of drug-likeness (QED) is 0.444. The number of nitrogens with zero attached hydrogens (tertiary/aromatic N) is 2. The van der Waals surface area contributed by atoms with Crippen LogP contribution in [0.2, 0.25) is 0 Å². The van der Waals surface area contributed by atoms with Crippen LogP contribution in [0.1, 0.15) is 26.2 Å². The van der Waals surface area contributed by atoms with Gasteiger partial charge in [-0.1, -0.05) is 6.92 Å². The highest BCUT2D eigenvalue weighted by Crippen LogP contribution is 2.47. The largest absolute Gasteiger partial charge is 0.374 e. The molecule has 0 amide bonds. The van der Waals surface area contributed by atoms with E-state index in [-0.39, 0.29) is 24.0 Å². The Labute approximate surface area is 138 Å². The fraction of sp³-hybridized carbons (Fsp3) is 0.933. The zero-order valence-electron chi connectivity index (χ0n) is 12.4. The van der Waals surface area contributed by atoms with Gasteiger partial charge in [0.15, 0.2) is 5.96 Å². The second-order valence-electron chi connectivity index (χ2n) is 6.92. The lowest BCUT2D eigenvalue weighted by molar-refractivity contribution is 0.0767. The van der Waals surface area contributed by atoms with Crippen molar-refractivity contribution in [1.29, 1.82) is 0 Å². The molecule has 114 valence electrons. The fourth-order valence-electron chi connectivity index (χ4n) is 4.37. The molecule has 4 rings (SSSR count). The molecular weight excluding hydrogens is 365 g/mol. The smallest absolute Gasteiger partial charge is 0.193 e. The third-order valence-electron chi connectivity index (χ3n) is 5.76. The number of guanidine groups is 1. The van der Waals surface area contributed by atoms with Crippen molar-refractivity contribution in [2.75, 3.05) is 26.7 Å². The van der Waals surface area contributed by atoms with Gasteiger partial charge in [0, 0.05) is 38.5 Å². The highest BCUT2D eigenvalue weighted by Gasteiger charge is 2.53. The first-order chi connectivity index (χ1) is 9.26. The van der Waals surface area contributed by atoms with Gasteiger partial charge in [-0.05, 0) is 31.1 Å². The zero-order valence-corrected chi connectivity index (χ0v) is 14.7. The van der Waals surface area contributed by atoms with Crippen LogP contribution in [0, 0.1) is 23.7 Å². The van der Waals surface area contributed by atoms with Gasteiger partial charge >= 0.3 is 0 Å². The molecule has 4 nitrogen and oxygen atoms in total. The number of rotatable bonds is 2. The van der Waals surface area contributed by atoms with E-state index < -0.39 is 0 Å². The van der Waals surface area contributed by atoms with Crippen LogP contribution in [-0.4, -0.2) is 49.7 Å². The van der Waals surface area contributed by atoms with Gasteiger partial charge in [-0.3, -0.25) is 4.99 Å². The number of hydrogen-bond donors (Lipinski definition) is 1. The number of ether oxygens (including phenoxy) is 1. The van der Waals surface area contributed by atoms with E-state index in [1.807, 2.05) is 7.05 Å². The Kier molecular flexibility index (Phi) is 4.19. The molecule has 6 atom stereocenters. The first-order valence-electron chi connectivity index (χ1n) is 7.87. The van der Waals surface area contributed by atoms with Gasteiger partial charge < -0.3 is 15.0 Å². The summed E-state index contributed by atoms with van der Waals surface area (Å²) in [4.78, 5) is 6.95. The lowest BCUT2D eigenvalue weighted by Crippen LogP contribution is -2.42. The lowest BCUT2D eigenvalue weighted by atomic mass is 9.82. The SMILES string of the molecule is CN=C(NCC1CC1C)N1CC2C3CCC(O3)C2C1.I. The van der Waals surface area contributed by atoms with Gasteiger partial charge in [0.25, 0.3) is 0 Å². The van der Waals surface area contributed by atoms with Crippen molar-refractivity contribution in [3.63, 3.8) is 0 Å². The summed E-state index contributed by atoms with van der Waals surface area (Å²) in [5.41, 5.74) is 0. The molecule has 4 fully saturated rings. The Morgan fingerprint density at radius 1 is 1.25 bits per heavy atom. The maximum Gasteiger partial charge on any atom is 0.193 e. The van der Waals surface area contributed by atoms with Crippen molar-refractivity contribution in [3.05, 3.63) is 0 Å². The second kappa shape index (κ2) is 5.63. The lowest BCUT2D eigenvalue weighted by Gasteiger charge is -2.23. The van der Waals surface area contributed by atoms with Crippen LogP contribution in [-0.2, 0) is 4.74 Å². The Balaban J connectivity index is 0.00000121. The molecule has 20 heavy (non-hydrogen) atoms. The standard InChI is InChI=1S/C15H25N3O.HI/c1-9-5-10(9)6-17-15(16-2)18-7-11-12(8-18)14-4-3-13(11)19-14;/h9-14H,3-8H2,1-2H3,(H,16,17);1H. The Morgan fingerprint density at radius 2 is 1.85 bits per heavy atom. The highest BCUT2D eigenvalue weighted by molar-refractivity contribution is 14.0.